The van der Waals surface area contributed by atoms with Gasteiger partial charge in [-0.2, -0.15) is 5.10 Å². The van der Waals surface area contributed by atoms with E-state index in [-0.39, 0.29) is 11.4 Å². The van der Waals surface area contributed by atoms with Crippen molar-refractivity contribution >= 4 is 29.7 Å². The van der Waals surface area contributed by atoms with Crippen LogP contribution in [0.25, 0.3) is 11.5 Å². The molecule has 0 aliphatic rings. The van der Waals surface area contributed by atoms with Crippen LogP contribution < -0.4 is 10.2 Å². The normalized spacial score (nSPS) is 10.4. The third-order valence-corrected chi connectivity index (χ3v) is 3.48. The Bertz CT molecular complexity index is 911. The maximum absolute atomic E-state index is 12.1. The van der Waals surface area contributed by atoms with Crippen LogP contribution in [0.2, 0.25) is 5.02 Å². The number of aromatic amines is 1. The van der Waals surface area contributed by atoms with Crippen molar-refractivity contribution in [3.63, 3.8) is 0 Å². The number of H-pyrrole nitrogens is 1. The molecule has 8 nitrogen and oxygen atoms in total. The van der Waals surface area contributed by atoms with Crippen molar-refractivity contribution in [3.8, 4) is 17.3 Å². The number of carbonyl (C=O) groups excluding carboxylic acids is 1. The summed E-state index contributed by atoms with van der Waals surface area (Å²) in [7, 11) is 0. The lowest BCUT2D eigenvalue weighted by Gasteiger charge is -2.10. The van der Waals surface area contributed by atoms with E-state index in [0.717, 1.165) is 0 Å². The fourth-order valence-corrected chi connectivity index (χ4v) is 2.22. The summed E-state index contributed by atoms with van der Waals surface area (Å²) in [5.41, 5.74) is 3.05. The number of hydrogen-bond acceptors (Lipinski definition) is 6. The predicted molar refractivity (Wildman–Crippen MR) is 89.8 cm³/mol. The van der Waals surface area contributed by atoms with Gasteiger partial charge in [0.2, 0.25) is 10.6 Å². The predicted octanol–water partition coefficient (Wildman–Crippen LogP) is 2.20. The first-order valence-electron chi connectivity index (χ1n) is 6.76. The highest BCUT2D eigenvalue weighted by molar-refractivity contribution is 7.71. The van der Waals surface area contributed by atoms with Crippen molar-refractivity contribution in [2.75, 3.05) is 12.0 Å². The van der Waals surface area contributed by atoms with Crippen molar-refractivity contribution < 1.29 is 9.53 Å². The maximum atomic E-state index is 12.1. The number of nitrogens with zero attached hydrogens (tertiary/aromatic N) is 4. The van der Waals surface area contributed by atoms with Gasteiger partial charge in [0.15, 0.2) is 6.61 Å². The summed E-state index contributed by atoms with van der Waals surface area (Å²) in [6, 6.07) is 6.88. The summed E-state index contributed by atoms with van der Waals surface area (Å²) in [6.07, 6.45) is 4.55. The second-order valence-corrected chi connectivity index (χ2v) is 5.33. The molecular weight excluding hydrogens is 352 g/mol. The van der Waals surface area contributed by atoms with Gasteiger partial charge in [-0.05, 0) is 24.4 Å². The Hall–Kier alpha value is -2.78. The van der Waals surface area contributed by atoms with Crippen LogP contribution in [-0.2, 0) is 4.79 Å². The van der Waals surface area contributed by atoms with Crippen LogP contribution >= 0.6 is 23.8 Å². The van der Waals surface area contributed by atoms with E-state index in [1.165, 1.54) is 23.3 Å². The molecule has 0 aliphatic carbocycles. The molecule has 0 saturated heterocycles. The van der Waals surface area contributed by atoms with Gasteiger partial charge in [0.25, 0.3) is 5.91 Å². The first kappa shape index (κ1) is 16.1. The van der Waals surface area contributed by atoms with Gasteiger partial charge < -0.3 is 4.74 Å². The van der Waals surface area contributed by atoms with Crippen LogP contribution in [0.1, 0.15) is 0 Å². The Balaban J connectivity index is 1.72. The highest BCUT2D eigenvalue weighted by Crippen LogP contribution is 2.22. The largest absolute Gasteiger partial charge is 0.482 e. The van der Waals surface area contributed by atoms with E-state index in [9.17, 15) is 4.79 Å². The van der Waals surface area contributed by atoms with Crippen LogP contribution in [-0.4, -0.2) is 37.4 Å². The molecule has 122 valence electrons. The number of aromatic nitrogens is 5. The van der Waals surface area contributed by atoms with Gasteiger partial charge in [-0.1, -0.05) is 23.7 Å². The summed E-state index contributed by atoms with van der Waals surface area (Å²) in [6.45, 7) is -0.239. The molecule has 0 unspecified atom stereocenters. The van der Waals surface area contributed by atoms with Gasteiger partial charge in [-0.15, -0.1) is 0 Å². The number of rotatable bonds is 5. The molecule has 24 heavy (non-hydrogen) atoms. The minimum atomic E-state index is -0.433. The number of hydrogen-bond donors (Lipinski definition) is 2. The molecule has 0 atom stereocenters. The van der Waals surface area contributed by atoms with Gasteiger partial charge in [0.05, 0.1) is 11.2 Å². The topological polar surface area (TPSA) is 97.7 Å². The molecule has 2 heterocycles. The summed E-state index contributed by atoms with van der Waals surface area (Å²) >= 11 is 11.1. The second kappa shape index (κ2) is 7.20. The average Bonchev–Trinajstić information content (AvgIpc) is 2.96. The number of benzene rings is 1. The Labute approximate surface area is 146 Å². The summed E-state index contributed by atoms with van der Waals surface area (Å²) in [4.78, 5) is 20.2. The van der Waals surface area contributed by atoms with E-state index < -0.39 is 5.91 Å². The van der Waals surface area contributed by atoms with Crippen molar-refractivity contribution in [3.05, 3.63) is 52.6 Å². The summed E-state index contributed by atoms with van der Waals surface area (Å²) in [5, 5.41) is 7.06. The summed E-state index contributed by atoms with van der Waals surface area (Å²) in [5.74, 6) is 0.316. The van der Waals surface area contributed by atoms with Gasteiger partial charge in [-0.25, -0.2) is 14.8 Å². The molecule has 3 rings (SSSR count). The number of ether oxygens (including phenoxy) is 1. The lowest BCUT2D eigenvalue weighted by molar-refractivity contribution is -0.119. The standard InChI is InChI=1S/C14H11ClN6O2S/c15-9-3-1-2-4-11(9)23-8-12(22)20-21-13(18-19-14(21)24)10-7-16-5-6-17-10/h1-7H,8H2,(H,19,24)(H,20,22). The van der Waals surface area contributed by atoms with Gasteiger partial charge in [0.1, 0.15) is 11.4 Å². The van der Waals surface area contributed by atoms with Gasteiger partial charge in [-0.3, -0.25) is 15.2 Å². The van der Waals surface area contributed by atoms with Crippen LogP contribution in [0.15, 0.2) is 42.9 Å². The maximum Gasteiger partial charge on any atom is 0.276 e. The first-order chi connectivity index (χ1) is 11.6. The van der Waals surface area contributed by atoms with Crippen LogP contribution in [0, 0.1) is 4.77 Å². The van der Waals surface area contributed by atoms with E-state index in [4.69, 9.17) is 28.6 Å². The zero-order valence-electron chi connectivity index (χ0n) is 12.1. The average molecular weight is 363 g/mol. The number of amides is 1. The monoisotopic (exact) mass is 362 g/mol. The van der Waals surface area contributed by atoms with Crippen LogP contribution in [0.3, 0.4) is 0 Å². The van der Waals surface area contributed by atoms with Crippen molar-refractivity contribution in [2.24, 2.45) is 0 Å². The fourth-order valence-electron chi connectivity index (χ4n) is 1.85. The number of carbonyl (C=O) groups is 1. The van der Waals surface area contributed by atoms with E-state index in [1.807, 2.05) is 0 Å². The lowest BCUT2D eigenvalue weighted by Crippen LogP contribution is -2.28. The van der Waals surface area contributed by atoms with E-state index in [1.54, 1.807) is 24.3 Å². The third kappa shape index (κ3) is 3.58. The molecule has 10 heteroatoms. The number of nitrogens with one attached hydrogen (secondary N) is 2. The molecule has 1 aromatic carbocycles. The molecule has 2 aromatic heterocycles. The minimum absolute atomic E-state index is 0.210. The van der Waals surface area contributed by atoms with E-state index >= 15 is 0 Å². The molecule has 0 radical (unpaired) electrons. The Morgan fingerprint density at radius 2 is 2.21 bits per heavy atom. The lowest BCUT2D eigenvalue weighted by atomic mass is 10.3. The highest BCUT2D eigenvalue weighted by Gasteiger charge is 2.13. The highest BCUT2D eigenvalue weighted by atomic mass is 35.5. The molecule has 0 spiro atoms. The van der Waals surface area contributed by atoms with Crippen molar-refractivity contribution in [1.29, 1.82) is 0 Å². The van der Waals surface area contributed by atoms with Crippen molar-refractivity contribution in [2.45, 2.75) is 0 Å². The number of halogens is 1. The first-order valence-corrected chi connectivity index (χ1v) is 7.55. The molecule has 0 bridgehead atoms. The number of para-hydroxylation sites is 1. The zero-order chi connectivity index (χ0) is 16.9. The molecule has 3 aromatic rings. The second-order valence-electron chi connectivity index (χ2n) is 4.53. The Kier molecular flexibility index (Phi) is 4.82. The Morgan fingerprint density at radius 1 is 1.38 bits per heavy atom. The summed E-state index contributed by atoms with van der Waals surface area (Å²) < 4.78 is 6.90. The fraction of sp³-hybridized carbons (Fsp3) is 0.0714. The van der Waals surface area contributed by atoms with Gasteiger partial charge >= 0.3 is 0 Å². The molecule has 1 amide bonds. The van der Waals surface area contributed by atoms with E-state index in [2.05, 4.69) is 25.6 Å². The van der Waals surface area contributed by atoms with Crippen molar-refractivity contribution in [1.82, 2.24) is 24.8 Å². The minimum Gasteiger partial charge on any atom is -0.482 e. The molecule has 2 N–H and O–H groups in total. The molecule has 0 fully saturated rings. The SMILES string of the molecule is O=C(COc1ccccc1Cl)Nn1c(-c2cnccn2)n[nH]c1=S. The Morgan fingerprint density at radius 3 is 2.96 bits per heavy atom. The molecular formula is C14H11ClN6O2S. The smallest absolute Gasteiger partial charge is 0.276 e. The van der Waals surface area contributed by atoms with E-state index in [0.29, 0.717) is 22.3 Å². The third-order valence-electron chi connectivity index (χ3n) is 2.90. The molecule has 0 aliphatic heterocycles. The molecule has 0 saturated carbocycles. The zero-order valence-corrected chi connectivity index (χ0v) is 13.7. The van der Waals surface area contributed by atoms with Crippen LogP contribution in [0.4, 0.5) is 0 Å². The van der Waals surface area contributed by atoms with Crippen LogP contribution in [0.5, 0.6) is 5.75 Å². The van der Waals surface area contributed by atoms with Gasteiger partial charge in [0, 0.05) is 12.4 Å². The quantitative estimate of drug-likeness (QED) is 0.675.